The molecule has 0 saturated heterocycles. The molecule has 148 valence electrons. The number of anilines is 1. The van der Waals surface area contributed by atoms with E-state index in [-0.39, 0.29) is 23.8 Å². The number of carbonyl (C=O) groups excluding carboxylic acids is 1. The van der Waals surface area contributed by atoms with Crippen molar-refractivity contribution in [2.75, 3.05) is 11.9 Å². The second-order valence-electron chi connectivity index (χ2n) is 7.10. The molecule has 0 bridgehead atoms. The predicted molar refractivity (Wildman–Crippen MR) is 108 cm³/mol. The van der Waals surface area contributed by atoms with Crippen LogP contribution in [0.5, 0.6) is 0 Å². The summed E-state index contributed by atoms with van der Waals surface area (Å²) in [5, 5.41) is 2.66. The first-order chi connectivity index (χ1) is 14.1. The number of nitrogens with one attached hydrogen (secondary N) is 1. The largest absolute Gasteiger partial charge is 0.325 e. The zero-order chi connectivity index (χ0) is 20.2. The van der Waals surface area contributed by atoms with Crippen molar-refractivity contribution in [3.05, 3.63) is 93.9 Å². The third-order valence-corrected chi connectivity index (χ3v) is 4.96. The van der Waals surface area contributed by atoms with Gasteiger partial charge in [0.15, 0.2) is 0 Å². The molecule has 0 spiro atoms. The number of nitrogens with zero attached hydrogens (tertiary/aromatic N) is 3. The van der Waals surface area contributed by atoms with Crippen LogP contribution in [0.25, 0.3) is 0 Å². The molecule has 1 N–H and O–H groups in total. The summed E-state index contributed by atoms with van der Waals surface area (Å²) in [6, 6.07) is 15.6. The fourth-order valence-electron chi connectivity index (χ4n) is 3.49. The second kappa shape index (κ2) is 8.36. The number of carbonyl (C=O) groups is 1. The highest BCUT2D eigenvalue weighted by molar-refractivity contribution is 5.90. The Hall–Kier alpha value is -3.32. The summed E-state index contributed by atoms with van der Waals surface area (Å²) in [7, 11) is 0. The average Bonchev–Trinajstić information content (AvgIpc) is 2.73. The van der Waals surface area contributed by atoms with Crippen LogP contribution in [-0.2, 0) is 30.8 Å². The normalized spacial score (nSPS) is 13.7. The van der Waals surface area contributed by atoms with E-state index in [0.717, 1.165) is 18.8 Å². The van der Waals surface area contributed by atoms with Crippen LogP contribution in [0.1, 0.15) is 16.8 Å². The van der Waals surface area contributed by atoms with Gasteiger partial charge in [0.25, 0.3) is 5.56 Å². The molecule has 0 atom stereocenters. The molecule has 3 aromatic rings. The van der Waals surface area contributed by atoms with Gasteiger partial charge in [-0.15, -0.1) is 0 Å². The number of halogens is 1. The fourth-order valence-corrected chi connectivity index (χ4v) is 3.49. The Kier molecular flexibility index (Phi) is 5.48. The van der Waals surface area contributed by atoms with Crippen LogP contribution >= 0.6 is 0 Å². The zero-order valence-corrected chi connectivity index (χ0v) is 15.8. The predicted octanol–water partition coefficient (Wildman–Crippen LogP) is 2.58. The van der Waals surface area contributed by atoms with Gasteiger partial charge in [-0.25, -0.2) is 9.37 Å². The van der Waals surface area contributed by atoms with Gasteiger partial charge in [-0.05, 0) is 29.8 Å². The van der Waals surface area contributed by atoms with Gasteiger partial charge in [0.05, 0.1) is 17.6 Å². The summed E-state index contributed by atoms with van der Waals surface area (Å²) < 4.78 is 14.3. The van der Waals surface area contributed by atoms with Gasteiger partial charge < -0.3 is 5.32 Å². The lowest BCUT2D eigenvalue weighted by molar-refractivity contribution is -0.116. The minimum absolute atomic E-state index is 0.144. The number of hydrogen-bond acceptors (Lipinski definition) is 4. The van der Waals surface area contributed by atoms with E-state index in [0.29, 0.717) is 24.2 Å². The highest BCUT2D eigenvalue weighted by Crippen LogP contribution is 2.16. The zero-order valence-electron chi connectivity index (χ0n) is 15.8. The van der Waals surface area contributed by atoms with Gasteiger partial charge in [-0.2, -0.15) is 0 Å². The maximum atomic E-state index is 13.0. The summed E-state index contributed by atoms with van der Waals surface area (Å²) in [4.78, 5) is 31.8. The Bertz CT molecular complexity index is 1060. The quantitative estimate of drug-likeness (QED) is 0.725. The molecule has 0 radical (unpaired) electrons. The maximum absolute atomic E-state index is 13.0. The molecule has 4 rings (SSSR count). The molecule has 0 fully saturated rings. The highest BCUT2D eigenvalue weighted by atomic mass is 19.1. The molecule has 0 saturated carbocycles. The molecule has 0 unspecified atom stereocenters. The summed E-state index contributed by atoms with van der Waals surface area (Å²) >= 11 is 0. The number of benzene rings is 2. The van der Waals surface area contributed by atoms with E-state index in [1.54, 1.807) is 0 Å². The molecular weight excluding hydrogens is 371 g/mol. The van der Waals surface area contributed by atoms with Crippen molar-refractivity contribution in [2.45, 2.75) is 26.1 Å². The molecule has 1 amide bonds. The van der Waals surface area contributed by atoms with Crippen LogP contribution in [0.4, 0.5) is 10.1 Å². The van der Waals surface area contributed by atoms with Crippen LogP contribution in [-0.4, -0.2) is 26.9 Å². The van der Waals surface area contributed by atoms with Crippen molar-refractivity contribution in [1.29, 1.82) is 0 Å². The lowest BCUT2D eigenvalue weighted by Crippen LogP contribution is -2.38. The topological polar surface area (TPSA) is 67.2 Å². The van der Waals surface area contributed by atoms with Gasteiger partial charge in [0.1, 0.15) is 12.4 Å². The van der Waals surface area contributed by atoms with Gasteiger partial charge >= 0.3 is 0 Å². The number of rotatable bonds is 5. The van der Waals surface area contributed by atoms with Crippen molar-refractivity contribution in [1.82, 2.24) is 14.5 Å². The van der Waals surface area contributed by atoms with E-state index < -0.39 is 0 Å². The third-order valence-electron chi connectivity index (χ3n) is 4.96. The van der Waals surface area contributed by atoms with Crippen molar-refractivity contribution >= 4 is 11.6 Å². The number of aromatic nitrogens is 2. The number of fused-ring (bicyclic) bond motifs is 1. The van der Waals surface area contributed by atoms with Crippen molar-refractivity contribution in [2.24, 2.45) is 0 Å². The van der Waals surface area contributed by atoms with Gasteiger partial charge in [-0.1, -0.05) is 30.3 Å². The van der Waals surface area contributed by atoms with E-state index >= 15 is 0 Å². The Morgan fingerprint density at radius 3 is 2.62 bits per heavy atom. The molecule has 6 nitrogen and oxygen atoms in total. The van der Waals surface area contributed by atoms with Crippen molar-refractivity contribution in [3.63, 3.8) is 0 Å². The summed E-state index contributed by atoms with van der Waals surface area (Å²) in [5.41, 5.74) is 2.92. The molecule has 0 aliphatic carbocycles. The van der Waals surface area contributed by atoms with E-state index in [1.807, 2.05) is 18.2 Å². The van der Waals surface area contributed by atoms with Gasteiger partial charge in [0.2, 0.25) is 5.91 Å². The van der Waals surface area contributed by atoms with Crippen molar-refractivity contribution in [3.8, 4) is 0 Å². The second-order valence-corrected chi connectivity index (χ2v) is 7.10. The lowest BCUT2D eigenvalue weighted by atomic mass is 10.1. The van der Waals surface area contributed by atoms with E-state index in [4.69, 9.17) is 0 Å². The first-order valence-corrected chi connectivity index (χ1v) is 9.47. The van der Waals surface area contributed by atoms with Gasteiger partial charge in [-0.3, -0.25) is 19.1 Å². The summed E-state index contributed by atoms with van der Waals surface area (Å²) in [6.45, 7) is 1.97. The van der Waals surface area contributed by atoms with Crippen LogP contribution in [0, 0.1) is 5.82 Å². The first kappa shape index (κ1) is 19.0. The van der Waals surface area contributed by atoms with Gasteiger partial charge in [0, 0.05) is 31.7 Å². The van der Waals surface area contributed by atoms with E-state index in [9.17, 15) is 14.0 Å². The average molecular weight is 392 g/mol. The van der Waals surface area contributed by atoms with E-state index in [1.165, 1.54) is 40.7 Å². The summed E-state index contributed by atoms with van der Waals surface area (Å²) in [6.07, 6.45) is 2.14. The molecule has 1 aliphatic rings. The molecule has 2 aromatic carbocycles. The molecule has 2 heterocycles. The Morgan fingerprint density at radius 2 is 1.86 bits per heavy atom. The van der Waals surface area contributed by atoms with E-state index in [2.05, 4.69) is 27.3 Å². The standard InChI is InChI=1S/C22H21FN4O2/c23-17-6-8-18(9-7-17)25-21(28)14-27-15-24-20-10-11-26(13-19(20)22(27)29)12-16-4-2-1-3-5-16/h1-9,15H,10-14H2,(H,25,28). The highest BCUT2D eigenvalue weighted by Gasteiger charge is 2.22. The number of hydrogen-bond donors (Lipinski definition) is 1. The smallest absolute Gasteiger partial charge is 0.258 e. The number of amides is 1. The SMILES string of the molecule is O=C(Cn1cnc2c(c1=O)CN(Cc1ccccc1)CC2)Nc1ccc(F)cc1. The summed E-state index contributed by atoms with van der Waals surface area (Å²) in [5.74, 6) is -0.740. The van der Waals surface area contributed by atoms with Crippen molar-refractivity contribution < 1.29 is 9.18 Å². The van der Waals surface area contributed by atoms with Crippen LogP contribution in [0.2, 0.25) is 0 Å². The molecule has 1 aromatic heterocycles. The van der Waals surface area contributed by atoms with Crippen LogP contribution in [0.15, 0.2) is 65.7 Å². The molecule has 29 heavy (non-hydrogen) atoms. The van der Waals surface area contributed by atoms with Crippen LogP contribution in [0.3, 0.4) is 0 Å². The first-order valence-electron chi connectivity index (χ1n) is 9.47. The monoisotopic (exact) mass is 392 g/mol. The molecule has 7 heteroatoms. The molecule has 1 aliphatic heterocycles. The fraction of sp³-hybridized carbons (Fsp3) is 0.227. The Balaban J connectivity index is 1.46. The molecular formula is C22H21FN4O2. The maximum Gasteiger partial charge on any atom is 0.258 e. The Morgan fingerprint density at radius 1 is 1.10 bits per heavy atom. The lowest BCUT2D eigenvalue weighted by Gasteiger charge is -2.28. The Labute approximate surface area is 167 Å². The third kappa shape index (κ3) is 4.57. The van der Waals surface area contributed by atoms with Crippen LogP contribution < -0.4 is 10.9 Å². The minimum Gasteiger partial charge on any atom is -0.325 e. The minimum atomic E-state index is -0.377.